The Kier molecular flexibility index (Phi) is 5.58. The van der Waals surface area contributed by atoms with Gasteiger partial charge in [0.25, 0.3) is 5.91 Å². The summed E-state index contributed by atoms with van der Waals surface area (Å²) >= 11 is 0. The van der Waals surface area contributed by atoms with Crippen LogP contribution in [0.25, 0.3) is 0 Å². The van der Waals surface area contributed by atoms with E-state index in [1.807, 2.05) is 0 Å². The van der Waals surface area contributed by atoms with E-state index < -0.39 is 23.1 Å². The Morgan fingerprint density at radius 3 is 2.24 bits per heavy atom. The fraction of sp³-hybridized carbons (Fsp3) is 0.278. The molecule has 0 aliphatic carbocycles. The van der Waals surface area contributed by atoms with Gasteiger partial charge >= 0.3 is 0 Å². The van der Waals surface area contributed by atoms with Gasteiger partial charge in [0.05, 0.1) is 20.8 Å². The van der Waals surface area contributed by atoms with Gasteiger partial charge in [-0.1, -0.05) is 6.07 Å². The Hall–Kier alpha value is -2.67. The van der Waals surface area contributed by atoms with Gasteiger partial charge in [0.1, 0.15) is 28.7 Å². The summed E-state index contributed by atoms with van der Waals surface area (Å²) in [7, 11) is 2.91. The van der Waals surface area contributed by atoms with E-state index in [1.165, 1.54) is 33.3 Å². The van der Waals surface area contributed by atoms with E-state index in [4.69, 9.17) is 9.47 Å². The normalized spacial score (nSPS) is 13.0. The molecular weight excluding hydrogens is 332 g/mol. The van der Waals surface area contributed by atoms with Gasteiger partial charge < -0.3 is 19.9 Å². The molecule has 2 N–H and O–H groups in total. The van der Waals surface area contributed by atoms with Crippen molar-refractivity contribution < 1.29 is 28.2 Å². The zero-order valence-electron chi connectivity index (χ0n) is 14.1. The van der Waals surface area contributed by atoms with Crippen LogP contribution in [0.5, 0.6) is 11.5 Å². The van der Waals surface area contributed by atoms with Gasteiger partial charge in [0.2, 0.25) is 0 Å². The SMILES string of the molecule is COc1cc(OC)cc(C(=O)NCC(C)(O)c2ccc(F)cc2F)c1. The van der Waals surface area contributed by atoms with Crippen molar-refractivity contribution in [3.05, 3.63) is 59.2 Å². The lowest BCUT2D eigenvalue weighted by Gasteiger charge is -2.24. The maximum absolute atomic E-state index is 13.8. The number of ether oxygens (including phenoxy) is 2. The fourth-order valence-electron chi connectivity index (χ4n) is 2.31. The summed E-state index contributed by atoms with van der Waals surface area (Å²) in [5.74, 6) is -1.27. The van der Waals surface area contributed by atoms with Crippen LogP contribution in [0.1, 0.15) is 22.8 Å². The lowest BCUT2D eigenvalue weighted by molar-refractivity contribution is 0.0494. The van der Waals surface area contributed by atoms with Gasteiger partial charge in [0.15, 0.2) is 0 Å². The van der Waals surface area contributed by atoms with Crippen molar-refractivity contribution in [2.75, 3.05) is 20.8 Å². The number of halogens is 2. The van der Waals surface area contributed by atoms with Crippen molar-refractivity contribution in [1.29, 1.82) is 0 Å². The topological polar surface area (TPSA) is 67.8 Å². The second-order valence-electron chi connectivity index (χ2n) is 5.68. The van der Waals surface area contributed by atoms with Gasteiger partial charge in [0, 0.05) is 23.3 Å². The van der Waals surface area contributed by atoms with Gasteiger partial charge in [-0.25, -0.2) is 8.78 Å². The quantitative estimate of drug-likeness (QED) is 0.840. The summed E-state index contributed by atoms with van der Waals surface area (Å²) < 4.78 is 37.0. The zero-order valence-corrected chi connectivity index (χ0v) is 14.1. The van der Waals surface area contributed by atoms with Crippen molar-refractivity contribution in [3.63, 3.8) is 0 Å². The first-order chi connectivity index (χ1) is 11.8. The van der Waals surface area contributed by atoms with E-state index in [2.05, 4.69) is 5.32 Å². The third kappa shape index (κ3) is 4.45. The van der Waals surface area contributed by atoms with Crippen LogP contribution >= 0.6 is 0 Å². The smallest absolute Gasteiger partial charge is 0.251 e. The maximum Gasteiger partial charge on any atom is 0.251 e. The van der Waals surface area contributed by atoms with Gasteiger partial charge in [-0.3, -0.25) is 4.79 Å². The molecule has 0 saturated carbocycles. The van der Waals surface area contributed by atoms with Crippen LogP contribution in [-0.4, -0.2) is 31.8 Å². The number of amides is 1. The Labute approximate surface area is 144 Å². The molecule has 0 aliphatic heterocycles. The molecule has 0 radical (unpaired) electrons. The highest BCUT2D eigenvalue weighted by molar-refractivity contribution is 5.95. The lowest BCUT2D eigenvalue weighted by atomic mass is 9.95. The number of benzene rings is 2. The second kappa shape index (κ2) is 7.48. The summed E-state index contributed by atoms with van der Waals surface area (Å²) in [6.07, 6.45) is 0. The van der Waals surface area contributed by atoms with Gasteiger partial charge in [-0.05, 0) is 25.1 Å². The predicted octanol–water partition coefficient (Wildman–Crippen LogP) is 2.62. The third-order valence-corrected chi connectivity index (χ3v) is 3.72. The number of carbonyl (C=O) groups excluding carboxylic acids is 1. The minimum absolute atomic E-state index is 0.113. The van der Waals surface area contributed by atoms with E-state index in [0.717, 1.165) is 12.1 Å². The largest absolute Gasteiger partial charge is 0.497 e. The average molecular weight is 351 g/mol. The molecule has 5 nitrogen and oxygen atoms in total. The van der Waals surface area contributed by atoms with Crippen molar-refractivity contribution in [2.45, 2.75) is 12.5 Å². The molecule has 0 aromatic heterocycles. The summed E-state index contributed by atoms with van der Waals surface area (Å²) in [4.78, 5) is 12.3. The predicted molar refractivity (Wildman–Crippen MR) is 87.8 cm³/mol. The van der Waals surface area contributed by atoms with Crippen LogP contribution in [0.2, 0.25) is 0 Å². The number of methoxy groups -OCH3 is 2. The summed E-state index contributed by atoms with van der Waals surface area (Å²) in [5, 5.41) is 12.9. The molecular formula is C18H19F2NO4. The Bertz CT molecular complexity index is 755. The summed E-state index contributed by atoms with van der Waals surface area (Å²) in [5.41, 5.74) is -1.57. The van der Waals surface area contributed by atoms with Crippen LogP contribution < -0.4 is 14.8 Å². The van der Waals surface area contributed by atoms with Crippen molar-refractivity contribution >= 4 is 5.91 Å². The molecule has 1 unspecified atom stereocenters. The Morgan fingerprint density at radius 2 is 1.72 bits per heavy atom. The molecule has 0 saturated heterocycles. The summed E-state index contributed by atoms with van der Waals surface area (Å²) in [6, 6.07) is 7.49. The molecule has 134 valence electrons. The number of hydrogen-bond acceptors (Lipinski definition) is 4. The standard InChI is InChI=1S/C18H19F2NO4/c1-18(23,15-5-4-12(19)8-16(15)20)10-21-17(22)11-6-13(24-2)9-14(7-11)25-3/h4-9,23H,10H2,1-3H3,(H,21,22). The molecule has 2 rings (SSSR count). The average Bonchev–Trinajstić information content (AvgIpc) is 2.58. The van der Waals surface area contributed by atoms with E-state index >= 15 is 0 Å². The molecule has 0 fully saturated rings. The Morgan fingerprint density at radius 1 is 1.12 bits per heavy atom. The molecule has 1 amide bonds. The van der Waals surface area contributed by atoms with E-state index in [1.54, 1.807) is 6.07 Å². The minimum Gasteiger partial charge on any atom is -0.497 e. The molecule has 0 spiro atoms. The minimum atomic E-state index is -1.71. The lowest BCUT2D eigenvalue weighted by Crippen LogP contribution is -2.39. The summed E-state index contributed by atoms with van der Waals surface area (Å²) in [6.45, 7) is 1.06. The van der Waals surface area contributed by atoms with E-state index in [-0.39, 0.29) is 17.7 Å². The maximum atomic E-state index is 13.8. The molecule has 2 aromatic carbocycles. The van der Waals surface area contributed by atoms with Crippen molar-refractivity contribution in [1.82, 2.24) is 5.32 Å². The molecule has 0 bridgehead atoms. The van der Waals surface area contributed by atoms with E-state index in [9.17, 15) is 18.7 Å². The zero-order chi connectivity index (χ0) is 18.6. The number of nitrogens with one attached hydrogen (secondary N) is 1. The van der Waals surface area contributed by atoms with Crippen molar-refractivity contribution in [2.24, 2.45) is 0 Å². The fourth-order valence-corrected chi connectivity index (χ4v) is 2.31. The van der Waals surface area contributed by atoms with Crippen LogP contribution in [0.3, 0.4) is 0 Å². The van der Waals surface area contributed by atoms with Crippen LogP contribution in [0, 0.1) is 11.6 Å². The third-order valence-electron chi connectivity index (χ3n) is 3.72. The van der Waals surface area contributed by atoms with Crippen LogP contribution in [-0.2, 0) is 5.60 Å². The van der Waals surface area contributed by atoms with Crippen LogP contribution in [0.15, 0.2) is 36.4 Å². The first kappa shape index (κ1) is 18.7. The first-order valence-electron chi connectivity index (χ1n) is 7.46. The van der Waals surface area contributed by atoms with Crippen LogP contribution in [0.4, 0.5) is 8.78 Å². The number of aliphatic hydroxyl groups is 1. The molecule has 25 heavy (non-hydrogen) atoms. The monoisotopic (exact) mass is 351 g/mol. The number of rotatable bonds is 6. The second-order valence-corrected chi connectivity index (χ2v) is 5.68. The molecule has 1 atom stereocenters. The molecule has 0 aliphatic rings. The highest BCUT2D eigenvalue weighted by Crippen LogP contribution is 2.25. The molecule has 7 heteroatoms. The highest BCUT2D eigenvalue weighted by Gasteiger charge is 2.27. The number of hydrogen-bond donors (Lipinski definition) is 2. The first-order valence-corrected chi connectivity index (χ1v) is 7.46. The Balaban J connectivity index is 2.15. The highest BCUT2D eigenvalue weighted by atomic mass is 19.1. The van der Waals surface area contributed by atoms with E-state index in [0.29, 0.717) is 17.6 Å². The van der Waals surface area contributed by atoms with Gasteiger partial charge in [-0.2, -0.15) is 0 Å². The van der Waals surface area contributed by atoms with Gasteiger partial charge in [-0.15, -0.1) is 0 Å². The van der Waals surface area contributed by atoms with Crippen molar-refractivity contribution in [3.8, 4) is 11.5 Å². The molecule has 2 aromatic rings. The number of carbonyl (C=O) groups is 1. The molecule has 0 heterocycles.